The quantitative estimate of drug-likeness (QED) is 0.798. The third kappa shape index (κ3) is 3.93. The van der Waals surface area contributed by atoms with Crippen LogP contribution in [0.4, 0.5) is 5.69 Å². The normalized spacial score (nSPS) is 12.3. The molecule has 3 N–H and O–H groups in total. The van der Waals surface area contributed by atoms with Gasteiger partial charge in [-0.25, -0.2) is 0 Å². The highest BCUT2D eigenvalue weighted by atomic mass is 16.5. The lowest BCUT2D eigenvalue weighted by molar-refractivity contribution is 0.415. The smallest absolute Gasteiger partial charge is 0.142 e. The largest absolute Gasteiger partial charge is 0.495 e. The van der Waals surface area contributed by atoms with E-state index in [1.54, 1.807) is 7.11 Å². The summed E-state index contributed by atoms with van der Waals surface area (Å²) in [6, 6.07) is 4.22. The van der Waals surface area contributed by atoms with Crippen molar-refractivity contribution in [1.29, 1.82) is 0 Å². The maximum atomic E-state index is 5.55. The van der Waals surface area contributed by atoms with Gasteiger partial charge in [0.15, 0.2) is 0 Å². The number of nitrogens with one attached hydrogen (secondary N) is 1. The monoisotopic (exact) mass is 236 g/mol. The van der Waals surface area contributed by atoms with Crippen LogP contribution in [0.1, 0.15) is 24.5 Å². The lowest BCUT2D eigenvalue weighted by Gasteiger charge is -2.17. The first-order chi connectivity index (χ1) is 8.08. The molecular weight excluding hydrogens is 212 g/mol. The maximum Gasteiger partial charge on any atom is 0.142 e. The number of ether oxygens (including phenoxy) is 1. The van der Waals surface area contributed by atoms with Gasteiger partial charge in [-0.3, -0.25) is 0 Å². The van der Waals surface area contributed by atoms with Crippen LogP contribution in [-0.2, 0) is 0 Å². The number of benzene rings is 1. The lowest BCUT2D eigenvalue weighted by atomic mass is 10.1. The van der Waals surface area contributed by atoms with Gasteiger partial charge in [-0.15, -0.1) is 0 Å². The highest BCUT2D eigenvalue weighted by Crippen LogP contribution is 2.29. The van der Waals surface area contributed by atoms with E-state index in [9.17, 15) is 0 Å². The van der Waals surface area contributed by atoms with E-state index in [1.165, 1.54) is 11.1 Å². The standard InChI is InChI=1S/C14H24N2O/c1-10(5-6-15)9-16-14-12(3)7-11(2)8-13(14)17-4/h7-8,10,16H,5-6,9,15H2,1-4H3. The molecule has 17 heavy (non-hydrogen) atoms. The van der Waals surface area contributed by atoms with Gasteiger partial charge in [-0.1, -0.05) is 13.0 Å². The van der Waals surface area contributed by atoms with Crippen molar-refractivity contribution in [3.05, 3.63) is 23.3 Å². The summed E-state index contributed by atoms with van der Waals surface area (Å²) in [5, 5.41) is 3.46. The molecule has 0 radical (unpaired) electrons. The molecule has 0 heterocycles. The number of nitrogens with two attached hydrogens (primary N) is 1. The van der Waals surface area contributed by atoms with Crippen LogP contribution in [0, 0.1) is 19.8 Å². The van der Waals surface area contributed by atoms with Crippen LogP contribution in [0.25, 0.3) is 0 Å². The van der Waals surface area contributed by atoms with Crippen molar-refractivity contribution < 1.29 is 4.74 Å². The van der Waals surface area contributed by atoms with E-state index in [4.69, 9.17) is 10.5 Å². The molecule has 1 rings (SSSR count). The van der Waals surface area contributed by atoms with Crippen molar-refractivity contribution in [1.82, 2.24) is 0 Å². The molecule has 1 unspecified atom stereocenters. The van der Waals surface area contributed by atoms with Crippen molar-refractivity contribution in [2.75, 3.05) is 25.5 Å². The highest BCUT2D eigenvalue weighted by Gasteiger charge is 2.08. The zero-order valence-electron chi connectivity index (χ0n) is 11.3. The molecule has 0 spiro atoms. The average molecular weight is 236 g/mol. The van der Waals surface area contributed by atoms with Gasteiger partial charge in [0.05, 0.1) is 12.8 Å². The fraction of sp³-hybridized carbons (Fsp3) is 0.571. The Morgan fingerprint density at radius 3 is 2.65 bits per heavy atom. The summed E-state index contributed by atoms with van der Waals surface area (Å²) < 4.78 is 5.41. The van der Waals surface area contributed by atoms with E-state index in [2.05, 4.69) is 38.2 Å². The van der Waals surface area contributed by atoms with E-state index in [1.807, 2.05) is 0 Å². The van der Waals surface area contributed by atoms with Gasteiger partial charge in [0.1, 0.15) is 5.75 Å². The molecule has 0 aromatic heterocycles. The molecule has 1 aromatic carbocycles. The third-order valence-electron chi connectivity index (χ3n) is 2.95. The van der Waals surface area contributed by atoms with Crippen LogP contribution in [-0.4, -0.2) is 20.2 Å². The first-order valence-electron chi connectivity index (χ1n) is 6.17. The minimum Gasteiger partial charge on any atom is -0.495 e. The summed E-state index contributed by atoms with van der Waals surface area (Å²) in [5.74, 6) is 1.49. The summed E-state index contributed by atoms with van der Waals surface area (Å²) in [6.45, 7) is 8.06. The molecule has 0 saturated heterocycles. The van der Waals surface area contributed by atoms with Crippen LogP contribution in [0.15, 0.2) is 12.1 Å². The molecule has 0 aliphatic heterocycles. The van der Waals surface area contributed by atoms with Gasteiger partial charge in [0.25, 0.3) is 0 Å². The minimum absolute atomic E-state index is 0.574. The number of methoxy groups -OCH3 is 1. The average Bonchev–Trinajstić information content (AvgIpc) is 2.27. The van der Waals surface area contributed by atoms with E-state index in [0.29, 0.717) is 5.92 Å². The van der Waals surface area contributed by atoms with Crippen LogP contribution >= 0.6 is 0 Å². The molecule has 96 valence electrons. The Kier molecular flexibility index (Phi) is 5.29. The Labute approximate surface area is 104 Å². The summed E-state index contributed by atoms with van der Waals surface area (Å²) in [7, 11) is 1.71. The van der Waals surface area contributed by atoms with Gasteiger partial charge in [0, 0.05) is 6.54 Å². The van der Waals surface area contributed by atoms with E-state index >= 15 is 0 Å². The zero-order chi connectivity index (χ0) is 12.8. The summed E-state index contributed by atoms with van der Waals surface area (Å²) in [6.07, 6.45) is 1.04. The van der Waals surface area contributed by atoms with E-state index in [-0.39, 0.29) is 0 Å². The Morgan fingerprint density at radius 1 is 1.35 bits per heavy atom. The number of hydrogen-bond acceptors (Lipinski definition) is 3. The third-order valence-corrected chi connectivity index (χ3v) is 2.95. The first-order valence-corrected chi connectivity index (χ1v) is 6.17. The Hall–Kier alpha value is -1.22. The van der Waals surface area contributed by atoms with Gasteiger partial charge in [-0.2, -0.15) is 0 Å². The van der Waals surface area contributed by atoms with Crippen molar-refractivity contribution in [2.45, 2.75) is 27.2 Å². The molecule has 3 heteroatoms. The van der Waals surface area contributed by atoms with Crippen molar-refractivity contribution in [3.8, 4) is 5.75 Å². The molecule has 0 aliphatic rings. The molecule has 0 fully saturated rings. The summed E-state index contributed by atoms with van der Waals surface area (Å²) in [4.78, 5) is 0. The molecule has 3 nitrogen and oxygen atoms in total. The van der Waals surface area contributed by atoms with Crippen LogP contribution in [0.3, 0.4) is 0 Å². The Bertz CT molecular complexity index is 363. The molecule has 1 atom stereocenters. The molecule has 1 aromatic rings. The number of rotatable bonds is 6. The Balaban J connectivity index is 2.76. The number of aryl methyl sites for hydroxylation is 2. The summed E-state index contributed by atoms with van der Waals surface area (Å²) >= 11 is 0. The minimum atomic E-state index is 0.574. The topological polar surface area (TPSA) is 47.3 Å². The Morgan fingerprint density at radius 2 is 2.06 bits per heavy atom. The highest BCUT2D eigenvalue weighted by molar-refractivity contribution is 5.63. The van der Waals surface area contributed by atoms with E-state index in [0.717, 1.165) is 30.9 Å². The van der Waals surface area contributed by atoms with E-state index < -0.39 is 0 Å². The number of anilines is 1. The zero-order valence-corrected chi connectivity index (χ0v) is 11.3. The predicted molar refractivity (Wildman–Crippen MR) is 73.8 cm³/mol. The van der Waals surface area contributed by atoms with Crippen LogP contribution < -0.4 is 15.8 Å². The first kappa shape index (κ1) is 13.8. The molecule has 0 bridgehead atoms. The molecular formula is C14H24N2O. The lowest BCUT2D eigenvalue weighted by Crippen LogP contribution is -2.16. The second kappa shape index (κ2) is 6.50. The van der Waals surface area contributed by atoms with Crippen LogP contribution in [0.2, 0.25) is 0 Å². The maximum absolute atomic E-state index is 5.55. The summed E-state index contributed by atoms with van der Waals surface area (Å²) in [5.41, 5.74) is 9.10. The van der Waals surface area contributed by atoms with Crippen molar-refractivity contribution in [3.63, 3.8) is 0 Å². The second-order valence-electron chi connectivity index (χ2n) is 4.72. The van der Waals surface area contributed by atoms with Gasteiger partial charge >= 0.3 is 0 Å². The van der Waals surface area contributed by atoms with Gasteiger partial charge < -0.3 is 15.8 Å². The second-order valence-corrected chi connectivity index (χ2v) is 4.72. The fourth-order valence-electron chi connectivity index (χ4n) is 1.98. The van der Waals surface area contributed by atoms with Crippen molar-refractivity contribution >= 4 is 5.69 Å². The van der Waals surface area contributed by atoms with Crippen molar-refractivity contribution in [2.24, 2.45) is 11.7 Å². The van der Waals surface area contributed by atoms with Gasteiger partial charge in [0.2, 0.25) is 0 Å². The van der Waals surface area contributed by atoms with Gasteiger partial charge in [-0.05, 0) is 49.9 Å². The van der Waals surface area contributed by atoms with Crippen LogP contribution in [0.5, 0.6) is 5.75 Å². The molecule has 0 aliphatic carbocycles. The predicted octanol–water partition coefficient (Wildman–Crippen LogP) is 2.71. The molecule has 0 saturated carbocycles. The molecule has 0 amide bonds. The SMILES string of the molecule is COc1cc(C)cc(C)c1NCC(C)CCN. The number of hydrogen-bond donors (Lipinski definition) is 2. The fourth-order valence-corrected chi connectivity index (χ4v) is 1.98.